The Labute approximate surface area is 111 Å². The first-order chi connectivity index (χ1) is 9.27. The van der Waals surface area contributed by atoms with Crippen LogP contribution in [0.5, 0.6) is 0 Å². The summed E-state index contributed by atoms with van der Waals surface area (Å²) in [4.78, 5) is 29.3. The second-order valence-electron chi connectivity index (χ2n) is 4.93. The van der Waals surface area contributed by atoms with Crippen LogP contribution >= 0.6 is 0 Å². The molecule has 98 valence electrons. The van der Waals surface area contributed by atoms with Gasteiger partial charge < -0.3 is 9.88 Å². The summed E-state index contributed by atoms with van der Waals surface area (Å²) < 4.78 is 0. The number of rotatable bonds is 2. The minimum absolute atomic E-state index is 0.373. The molecule has 1 aromatic heterocycles. The van der Waals surface area contributed by atoms with Crippen molar-refractivity contribution in [3.8, 4) is 0 Å². The number of H-pyrrole nitrogens is 1. The Morgan fingerprint density at radius 1 is 1.05 bits per heavy atom. The van der Waals surface area contributed by atoms with E-state index in [1.54, 1.807) is 17.2 Å². The van der Waals surface area contributed by atoms with E-state index < -0.39 is 5.78 Å². The smallest absolute Gasteiger partial charge is 0.295 e. The highest BCUT2D eigenvalue weighted by Crippen LogP contribution is 2.19. The predicted molar refractivity (Wildman–Crippen MR) is 73.1 cm³/mol. The summed E-state index contributed by atoms with van der Waals surface area (Å²) in [5.74, 6) is -0.781. The minimum Gasteiger partial charge on any atom is -0.361 e. The molecule has 1 aromatic carbocycles. The number of aromatic amines is 1. The third kappa shape index (κ3) is 2.14. The molecule has 3 rings (SSSR count). The Balaban J connectivity index is 1.90. The lowest BCUT2D eigenvalue weighted by Gasteiger charge is -2.25. The molecule has 4 heteroatoms. The second-order valence-corrected chi connectivity index (χ2v) is 4.93. The third-order valence-electron chi connectivity index (χ3n) is 3.67. The van der Waals surface area contributed by atoms with Gasteiger partial charge in [0.2, 0.25) is 0 Å². The highest BCUT2D eigenvalue weighted by atomic mass is 16.2. The summed E-state index contributed by atoms with van der Waals surface area (Å²) in [6.07, 6.45) is 4.91. The van der Waals surface area contributed by atoms with E-state index in [0.29, 0.717) is 18.7 Å². The number of carbonyl (C=O) groups is 2. The van der Waals surface area contributed by atoms with Crippen molar-refractivity contribution in [1.29, 1.82) is 0 Å². The van der Waals surface area contributed by atoms with Gasteiger partial charge in [0.25, 0.3) is 11.7 Å². The van der Waals surface area contributed by atoms with Crippen molar-refractivity contribution in [2.75, 3.05) is 13.1 Å². The van der Waals surface area contributed by atoms with E-state index in [1.807, 2.05) is 18.2 Å². The number of amides is 1. The zero-order valence-electron chi connectivity index (χ0n) is 10.7. The fraction of sp³-hybridized carbons (Fsp3) is 0.333. The summed E-state index contributed by atoms with van der Waals surface area (Å²) in [6.45, 7) is 1.40. The fourth-order valence-electron chi connectivity index (χ4n) is 2.63. The molecule has 4 nitrogen and oxygen atoms in total. The van der Waals surface area contributed by atoms with Crippen LogP contribution in [0.4, 0.5) is 0 Å². The Bertz CT molecular complexity index is 624. The minimum atomic E-state index is -0.407. The van der Waals surface area contributed by atoms with Gasteiger partial charge >= 0.3 is 0 Å². The summed E-state index contributed by atoms with van der Waals surface area (Å²) in [5.41, 5.74) is 1.22. The first-order valence-corrected chi connectivity index (χ1v) is 6.67. The molecule has 0 saturated carbocycles. The molecule has 0 radical (unpaired) electrons. The van der Waals surface area contributed by atoms with E-state index in [-0.39, 0.29) is 5.91 Å². The first-order valence-electron chi connectivity index (χ1n) is 6.67. The van der Waals surface area contributed by atoms with Gasteiger partial charge in [0.05, 0.1) is 11.1 Å². The number of nitrogens with one attached hydrogen (secondary N) is 1. The zero-order chi connectivity index (χ0) is 13.2. The van der Waals surface area contributed by atoms with E-state index in [1.165, 1.54) is 0 Å². The molecule has 1 amide bonds. The van der Waals surface area contributed by atoms with Crippen LogP contribution in [-0.4, -0.2) is 34.7 Å². The van der Waals surface area contributed by atoms with Crippen LogP contribution in [0.3, 0.4) is 0 Å². The number of ketones is 1. The van der Waals surface area contributed by atoms with Crippen molar-refractivity contribution in [3.63, 3.8) is 0 Å². The Morgan fingerprint density at radius 3 is 2.63 bits per heavy atom. The molecule has 1 saturated heterocycles. The monoisotopic (exact) mass is 256 g/mol. The van der Waals surface area contributed by atoms with E-state index >= 15 is 0 Å². The van der Waals surface area contributed by atoms with Crippen molar-refractivity contribution in [1.82, 2.24) is 9.88 Å². The van der Waals surface area contributed by atoms with E-state index in [0.717, 1.165) is 30.2 Å². The van der Waals surface area contributed by atoms with Gasteiger partial charge in [-0.15, -0.1) is 0 Å². The maximum atomic E-state index is 12.3. The van der Waals surface area contributed by atoms with Crippen molar-refractivity contribution >= 4 is 22.6 Å². The quantitative estimate of drug-likeness (QED) is 0.662. The lowest BCUT2D eigenvalue weighted by atomic mass is 10.0. The number of benzene rings is 1. The maximum Gasteiger partial charge on any atom is 0.295 e. The molecular weight excluding hydrogens is 240 g/mol. The summed E-state index contributed by atoms with van der Waals surface area (Å²) >= 11 is 0. The van der Waals surface area contributed by atoms with Gasteiger partial charge in [0.15, 0.2) is 0 Å². The van der Waals surface area contributed by atoms with Gasteiger partial charge in [-0.2, -0.15) is 0 Å². The number of fused-ring (bicyclic) bond motifs is 1. The first kappa shape index (κ1) is 12.0. The number of Topliss-reactive ketones (excluding diaryl/α,β-unsaturated/α-hetero) is 1. The van der Waals surface area contributed by atoms with Crippen molar-refractivity contribution < 1.29 is 9.59 Å². The molecule has 0 atom stereocenters. The largest absolute Gasteiger partial charge is 0.361 e. The molecule has 1 aliphatic rings. The van der Waals surface area contributed by atoms with E-state index in [9.17, 15) is 9.59 Å². The third-order valence-corrected chi connectivity index (χ3v) is 3.67. The molecule has 1 N–H and O–H groups in total. The van der Waals surface area contributed by atoms with E-state index in [4.69, 9.17) is 0 Å². The number of likely N-dealkylation sites (tertiary alicyclic amines) is 1. The van der Waals surface area contributed by atoms with Crippen LogP contribution in [-0.2, 0) is 4.79 Å². The number of nitrogens with zero attached hydrogens (tertiary/aromatic N) is 1. The Morgan fingerprint density at radius 2 is 1.84 bits per heavy atom. The number of piperidine rings is 1. The van der Waals surface area contributed by atoms with Gasteiger partial charge in [-0.25, -0.2) is 0 Å². The number of hydrogen-bond acceptors (Lipinski definition) is 2. The van der Waals surface area contributed by atoms with Crippen molar-refractivity contribution in [2.24, 2.45) is 0 Å². The molecule has 0 spiro atoms. The van der Waals surface area contributed by atoms with Crippen LogP contribution in [0.15, 0.2) is 30.5 Å². The lowest BCUT2D eigenvalue weighted by molar-refractivity contribution is -0.127. The molecule has 0 aliphatic carbocycles. The molecule has 19 heavy (non-hydrogen) atoms. The van der Waals surface area contributed by atoms with Gasteiger partial charge in [0.1, 0.15) is 0 Å². The summed E-state index contributed by atoms with van der Waals surface area (Å²) in [5, 5.41) is 0.956. The van der Waals surface area contributed by atoms with Gasteiger partial charge in [-0.3, -0.25) is 9.59 Å². The predicted octanol–water partition coefficient (Wildman–Crippen LogP) is 2.36. The molecule has 2 heterocycles. The second kappa shape index (κ2) is 4.88. The maximum absolute atomic E-state index is 12.3. The van der Waals surface area contributed by atoms with Crippen LogP contribution in [0.25, 0.3) is 10.9 Å². The normalized spacial score (nSPS) is 15.7. The van der Waals surface area contributed by atoms with Crippen molar-refractivity contribution in [2.45, 2.75) is 19.3 Å². The summed E-state index contributed by atoms with van der Waals surface area (Å²) in [7, 11) is 0. The molecule has 2 aromatic rings. The standard InChI is InChI=1S/C15H16N2O2/c18-14(15(19)17-9-2-1-3-10-17)12-6-4-5-11-7-8-16-13(11)12/h4-8,16H,1-3,9-10H2. The zero-order valence-corrected chi connectivity index (χ0v) is 10.7. The molecule has 0 unspecified atom stereocenters. The summed E-state index contributed by atoms with van der Waals surface area (Å²) in [6, 6.07) is 7.35. The van der Waals surface area contributed by atoms with Gasteiger partial charge in [-0.1, -0.05) is 12.1 Å². The fourth-order valence-corrected chi connectivity index (χ4v) is 2.63. The van der Waals surface area contributed by atoms with Crippen LogP contribution < -0.4 is 0 Å². The lowest BCUT2D eigenvalue weighted by Crippen LogP contribution is -2.40. The van der Waals surface area contributed by atoms with Crippen LogP contribution in [0.2, 0.25) is 0 Å². The molecule has 1 fully saturated rings. The number of para-hydroxylation sites is 1. The topological polar surface area (TPSA) is 53.2 Å². The number of aromatic nitrogens is 1. The van der Waals surface area contributed by atoms with Crippen LogP contribution in [0, 0.1) is 0 Å². The average Bonchev–Trinajstić information content (AvgIpc) is 2.95. The van der Waals surface area contributed by atoms with Gasteiger partial charge in [0, 0.05) is 24.7 Å². The van der Waals surface area contributed by atoms with E-state index in [2.05, 4.69) is 4.98 Å². The molecule has 1 aliphatic heterocycles. The number of carbonyl (C=O) groups excluding carboxylic acids is 2. The van der Waals surface area contributed by atoms with Gasteiger partial charge in [-0.05, 0) is 31.4 Å². The Kier molecular flexibility index (Phi) is 3.07. The highest BCUT2D eigenvalue weighted by molar-refractivity contribution is 6.44. The SMILES string of the molecule is O=C(C(=O)N1CCCCC1)c1cccc2cc[nH]c12. The Hall–Kier alpha value is -2.10. The van der Waals surface area contributed by atoms with Crippen LogP contribution in [0.1, 0.15) is 29.6 Å². The number of hydrogen-bond donors (Lipinski definition) is 1. The molecule has 0 bridgehead atoms. The van der Waals surface area contributed by atoms with Crippen molar-refractivity contribution in [3.05, 3.63) is 36.0 Å². The average molecular weight is 256 g/mol. The molecular formula is C15H16N2O2. The highest BCUT2D eigenvalue weighted by Gasteiger charge is 2.25.